The third-order valence-electron chi connectivity index (χ3n) is 7.31. The summed E-state index contributed by atoms with van der Waals surface area (Å²) in [6.07, 6.45) is 0. The Balaban J connectivity index is 1.54. The third-order valence-corrected chi connectivity index (χ3v) is 8.45. The molecule has 2 aliphatic rings. The summed E-state index contributed by atoms with van der Waals surface area (Å²) < 4.78 is 24.6. The number of urea groups is 1. The average Bonchev–Trinajstić information content (AvgIpc) is 3.73. The number of fused-ring (bicyclic) bond motifs is 1. The van der Waals surface area contributed by atoms with Crippen LogP contribution in [0.3, 0.4) is 0 Å². The summed E-state index contributed by atoms with van der Waals surface area (Å²) >= 11 is 7.39. The number of rotatable bonds is 6. The van der Waals surface area contributed by atoms with Crippen molar-refractivity contribution in [2.45, 2.75) is 18.0 Å². The van der Waals surface area contributed by atoms with E-state index in [4.69, 9.17) is 21.1 Å². The molecule has 4 atom stereocenters. The van der Waals surface area contributed by atoms with E-state index in [1.54, 1.807) is 60.0 Å². The number of amides is 2. The molecule has 4 aromatic rings. The zero-order valence-corrected chi connectivity index (χ0v) is 22.8. The average molecular weight is 593 g/mol. The molecule has 0 bridgehead atoms. The molecule has 1 aromatic heterocycles. The first-order valence-corrected chi connectivity index (χ1v) is 13.9. The van der Waals surface area contributed by atoms with Gasteiger partial charge in [-0.1, -0.05) is 35.9 Å². The predicted molar refractivity (Wildman–Crippen MR) is 150 cm³/mol. The minimum atomic E-state index is -1.44. The van der Waals surface area contributed by atoms with Gasteiger partial charge in [-0.25, -0.2) is 14.0 Å². The van der Waals surface area contributed by atoms with Gasteiger partial charge in [-0.15, -0.1) is 11.3 Å². The standard InChI is InChI=1S/C30H22ClFN2O6S/c31-18-6-3-16(4-7-18)24-25(28(35)23-2-1-13-41-23)26(17-5-12-21-22(14-17)40-15-39-21)34(27(24)29(36)37)30(38)33-20-10-8-19(32)9-11-20/h1-14,24-27H,15H2,(H,33,38)(H,36,37). The number of nitrogens with one attached hydrogen (secondary N) is 1. The van der Waals surface area contributed by atoms with Crippen molar-refractivity contribution < 1.29 is 33.4 Å². The molecule has 8 nitrogen and oxygen atoms in total. The van der Waals surface area contributed by atoms with E-state index in [0.29, 0.717) is 32.5 Å². The molecule has 4 unspecified atom stereocenters. The third kappa shape index (κ3) is 5.00. The van der Waals surface area contributed by atoms with Crippen LogP contribution >= 0.6 is 22.9 Å². The molecular weight excluding hydrogens is 571 g/mol. The second-order valence-electron chi connectivity index (χ2n) is 9.63. The summed E-state index contributed by atoms with van der Waals surface area (Å²) in [6, 6.07) is 17.0. The van der Waals surface area contributed by atoms with Gasteiger partial charge in [0.25, 0.3) is 0 Å². The lowest BCUT2D eigenvalue weighted by Crippen LogP contribution is -2.45. The lowest BCUT2D eigenvalue weighted by molar-refractivity contribution is -0.142. The number of anilines is 1. The van der Waals surface area contributed by atoms with Crippen LogP contribution < -0.4 is 14.8 Å². The molecule has 41 heavy (non-hydrogen) atoms. The fourth-order valence-electron chi connectivity index (χ4n) is 5.59. The number of ketones is 1. The van der Waals surface area contributed by atoms with Crippen LogP contribution in [-0.4, -0.2) is 40.6 Å². The van der Waals surface area contributed by atoms with Crippen molar-refractivity contribution in [1.82, 2.24) is 4.90 Å². The summed E-state index contributed by atoms with van der Waals surface area (Å²) in [7, 11) is 0. The molecule has 1 fully saturated rings. The summed E-state index contributed by atoms with van der Waals surface area (Å²) in [5.74, 6) is -3.08. The molecule has 0 radical (unpaired) electrons. The first-order valence-electron chi connectivity index (χ1n) is 12.6. The molecule has 6 rings (SSSR count). The molecule has 3 aromatic carbocycles. The van der Waals surface area contributed by atoms with E-state index in [9.17, 15) is 23.9 Å². The SMILES string of the molecule is O=C(c1cccs1)C1C(c2ccc(Cl)cc2)C(C(=O)O)N(C(=O)Nc2ccc(F)cc2)C1c1ccc2c(c1)OCO2. The number of Topliss-reactive ketones (excluding diaryl/α,β-unsaturated/α-hetero) is 1. The van der Waals surface area contributed by atoms with Crippen LogP contribution in [0.5, 0.6) is 11.5 Å². The van der Waals surface area contributed by atoms with Gasteiger partial charge in [-0.05, 0) is 71.1 Å². The highest BCUT2D eigenvalue weighted by atomic mass is 35.5. The van der Waals surface area contributed by atoms with Gasteiger partial charge in [0, 0.05) is 16.6 Å². The number of carbonyl (C=O) groups is 3. The van der Waals surface area contributed by atoms with E-state index in [1.807, 2.05) is 0 Å². The largest absolute Gasteiger partial charge is 0.480 e. The number of halogens is 2. The van der Waals surface area contributed by atoms with Crippen molar-refractivity contribution in [2.75, 3.05) is 12.1 Å². The number of hydrogen-bond acceptors (Lipinski definition) is 6. The number of nitrogens with zero attached hydrogens (tertiary/aromatic N) is 1. The highest BCUT2D eigenvalue weighted by Crippen LogP contribution is 2.53. The first-order chi connectivity index (χ1) is 19.8. The normalized spacial score (nSPS) is 21.1. The minimum absolute atomic E-state index is 0.0148. The topological polar surface area (TPSA) is 105 Å². The lowest BCUT2D eigenvalue weighted by atomic mass is 9.77. The van der Waals surface area contributed by atoms with E-state index in [1.165, 1.54) is 40.5 Å². The van der Waals surface area contributed by atoms with Crippen LogP contribution in [0.4, 0.5) is 14.9 Å². The van der Waals surface area contributed by atoms with Gasteiger partial charge in [0.2, 0.25) is 6.79 Å². The molecule has 208 valence electrons. The number of carbonyl (C=O) groups excluding carboxylic acids is 2. The van der Waals surface area contributed by atoms with Gasteiger partial charge in [-0.3, -0.25) is 4.79 Å². The summed E-state index contributed by atoms with van der Waals surface area (Å²) in [5.41, 5.74) is 1.31. The molecule has 0 spiro atoms. The lowest BCUT2D eigenvalue weighted by Gasteiger charge is -2.30. The van der Waals surface area contributed by atoms with Crippen LogP contribution in [-0.2, 0) is 4.79 Å². The fraction of sp³-hybridized carbons (Fsp3) is 0.167. The molecule has 2 amide bonds. The molecular formula is C30H22ClFN2O6S. The molecule has 2 aliphatic heterocycles. The van der Waals surface area contributed by atoms with Gasteiger partial charge < -0.3 is 24.8 Å². The summed E-state index contributed by atoms with van der Waals surface area (Å²) in [4.78, 5) is 42.9. The van der Waals surface area contributed by atoms with Crippen LogP contribution in [0.25, 0.3) is 0 Å². The van der Waals surface area contributed by atoms with E-state index < -0.39 is 41.7 Å². The number of carboxylic acid groups (broad SMARTS) is 1. The van der Waals surface area contributed by atoms with Crippen molar-refractivity contribution in [1.29, 1.82) is 0 Å². The summed E-state index contributed by atoms with van der Waals surface area (Å²) in [6.45, 7) is 0.0148. The smallest absolute Gasteiger partial charge is 0.327 e. The maximum atomic E-state index is 14.2. The number of aliphatic carboxylic acids is 1. The van der Waals surface area contributed by atoms with Gasteiger partial charge in [0.05, 0.1) is 16.8 Å². The van der Waals surface area contributed by atoms with Gasteiger partial charge >= 0.3 is 12.0 Å². The first kappa shape index (κ1) is 26.8. The molecule has 3 heterocycles. The molecule has 0 saturated carbocycles. The van der Waals surface area contributed by atoms with Crippen molar-refractivity contribution in [3.05, 3.63) is 111 Å². The van der Waals surface area contributed by atoms with Crippen LogP contribution in [0.2, 0.25) is 5.02 Å². The number of hydrogen-bond donors (Lipinski definition) is 2. The summed E-state index contributed by atoms with van der Waals surface area (Å²) in [5, 5.41) is 15.5. The second kappa shape index (κ2) is 10.9. The van der Waals surface area contributed by atoms with Crippen molar-refractivity contribution in [3.8, 4) is 11.5 Å². The second-order valence-corrected chi connectivity index (χ2v) is 11.0. The monoisotopic (exact) mass is 592 g/mol. The van der Waals surface area contributed by atoms with Crippen LogP contribution in [0.15, 0.2) is 84.2 Å². The quantitative estimate of drug-likeness (QED) is 0.245. The Morgan fingerprint density at radius 2 is 1.66 bits per heavy atom. The fourth-order valence-corrected chi connectivity index (χ4v) is 6.43. The maximum absolute atomic E-state index is 14.2. The Labute approximate surface area is 242 Å². The Morgan fingerprint density at radius 1 is 0.951 bits per heavy atom. The van der Waals surface area contributed by atoms with Crippen LogP contribution in [0.1, 0.15) is 32.8 Å². The van der Waals surface area contributed by atoms with E-state index in [2.05, 4.69) is 5.32 Å². The zero-order valence-electron chi connectivity index (χ0n) is 21.2. The van der Waals surface area contributed by atoms with Crippen molar-refractivity contribution >= 4 is 46.4 Å². The number of thiophene rings is 1. The molecule has 1 saturated heterocycles. The Hall–Kier alpha value is -4.41. The van der Waals surface area contributed by atoms with Gasteiger partial charge in [-0.2, -0.15) is 0 Å². The molecule has 0 aliphatic carbocycles. The Morgan fingerprint density at radius 3 is 2.34 bits per heavy atom. The van der Waals surface area contributed by atoms with Crippen LogP contribution in [0, 0.1) is 11.7 Å². The zero-order chi connectivity index (χ0) is 28.7. The Kier molecular flexibility index (Phi) is 7.10. The van der Waals surface area contributed by atoms with E-state index in [-0.39, 0.29) is 18.3 Å². The van der Waals surface area contributed by atoms with E-state index >= 15 is 0 Å². The van der Waals surface area contributed by atoms with E-state index in [0.717, 1.165) is 0 Å². The molecule has 2 N–H and O–H groups in total. The molecule has 11 heteroatoms. The van der Waals surface area contributed by atoms with Gasteiger partial charge in [0.15, 0.2) is 17.3 Å². The number of benzene rings is 3. The van der Waals surface area contributed by atoms with Crippen molar-refractivity contribution in [3.63, 3.8) is 0 Å². The number of ether oxygens (including phenoxy) is 2. The predicted octanol–water partition coefficient (Wildman–Crippen LogP) is 6.59. The van der Waals surface area contributed by atoms with Crippen molar-refractivity contribution in [2.24, 2.45) is 5.92 Å². The maximum Gasteiger partial charge on any atom is 0.327 e. The van der Waals surface area contributed by atoms with Gasteiger partial charge in [0.1, 0.15) is 11.9 Å². The highest BCUT2D eigenvalue weighted by Gasteiger charge is 2.58. The minimum Gasteiger partial charge on any atom is -0.480 e. The number of carboxylic acids is 1. The Bertz CT molecular complexity index is 1610. The highest BCUT2D eigenvalue weighted by molar-refractivity contribution is 7.12. The number of likely N-dealkylation sites (tertiary alicyclic amines) is 1.